The highest BCUT2D eigenvalue weighted by Gasteiger charge is 2.39. The zero-order chi connectivity index (χ0) is 22.1. The monoisotopic (exact) mass is 438 g/mol. The molecule has 0 aromatic heterocycles. The topological polar surface area (TPSA) is 89.9 Å². The van der Waals surface area contributed by atoms with Crippen LogP contribution in [0.3, 0.4) is 0 Å². The SMILES string of the molecule is CN(C)CCCCCC1CC(O)C(C(=O)N[C@@H](Cc2ccccc2)C(=O)O)CC1Cl. The Morgan fingerprint density at radius 3 is 2.50 bits per heavy atom. The first-order chi connectivity index (χ1) is 14.3. The molecule has 0 saturated heterocycles. The lowest BCUT2D eigenvalue weighted by molar-refractivity contribution is -0.143. The van der Waals surface area contributed by atoms with Crippen LogP contribution in [0.15, 0.2) is 30.3 Å². The highest BCUT2D eigenvalue weighted by Crippen LogP contribution is 2.36. The molecule has 6 nitrogen and oxygen atoms in total. The number of aliphatic carboxylic acids is 1. The number of halogens is 1. The minimum atomic E-state index is -1.09. The zero-order valence-corrected chi connectivity index (χ0v) is 18.7. The number of carboxylic acid groups (broad SMARTS) is 1. The van der Waals surface area contributed by atoms with Gasteiger partial charge in [0.15, 0.2) is 0 Å². The summed E-state index contributed by atoms with van der Waals surface area (Å²) in [5.41, 5.74) is 0.832. The van der Waals surface area contributed by atoms with E-state index >= 15 is 0 Å². The second-order valence-corrected chi connectivity index (χ2v) is 9.22. The molecule has 0 bridgehead atoms. The van der Waals surface area contributed by atoms with Crippen LogP contribution in [0.5, 0.6) is 0 Å². The Kier molecular flexibility index (Phi) is 10.1. The van der Waals surface area contributed by atoms with Crippen LogP contribution in [0.1, 0.15) is 44.1 Å². The summed E-state index contributed by atoms with van der Waals surface area (Å²) in [6, 6.07) is 8.15. The van der Waals surface area contributed by atoms with Gasteiger partial charge in [-0.3, -0.25) is 4.79 Å². The fourth-order valence-corrected chi connectivity index (χ4v) is 4.56. The second kappa shape index (κ2) is 12.3. The number of carboxylic acids is 1. The van der Waals surface area contributed by atoms with Crippen molar-refractivity contribution in [1.82, 2.24) is 10.2 Å². The summed E-state index contributed by atoms with van der Waals surface area (Å²) in [5, 5.41) is 22.5. The molecule has 1 aromatic rings. The number of unbranched alkanes of at least 4 members (excludes halogenated alkanes) is 2. The molecule has 2 rings (SSSR count). The Morgan fingerprint density at radius 2 is 1.87 bits per heavy atom. The van der Waals surface area contributed by atoms with Gasteiger partial charge in [0.2, 0.25) is 5.91 Å². The molecule has 1 aliphatic carbocycles. The van der Waals surface area contributed by atoms with Gasteiger partial charge in [0, 0.05) is 11.8 Å². The summed E-state index contributed by atoms with van der Waals surface area (Å²) >= 11 is 6.56. The number of carbonyl (C=O) groups is 2. The summed E-state index contributed by atoms with van der Waals surface area (Å²) in [6.07, 6.45) is 4.52. The molecular formula is C23H35ClN2O4. The van der Waals surface area contributed by atoms with E-state index in [0.29, 0.717) is 12.8 Å². The molecule has 30 heavy (non-hydrogen) atoms. The number of alkyl halides is 1. The van der Waals surface area contributed by atoms with Gasteiger partial charge < -0.3 is 20.4 Å². The van der Waals surface area contributed by atoms with Crippen LogP contribution in [0, 0.1) is 11.8 Å². The average molecular weight is 439 g/mol. The van der Waals surface area contributed by atoms with Gasteiger partial charge in [-0.2, -0.15) is 0 Å². The Hall–Kier alpha value is -1.63. The summed E-state index contributed by atoms with van der Waals surface area (Å²) in [4.78, 5) is 26.5. The fraction of sp³-hybridized carbons (Fsp3) is 0.652. The first kappa shape index (κ1) is 24.6. The molecule has 0 radical (unpaired) electrons. The second-order valence-electron chi connectivity index (χ2n) is 8.66. The molecule has 5 atom stereocenters. The lowest BCUT2D eigenvalue weighted by atomic mass is 9.77. The predicted octanol–water partition coefficient (Wildman–Crippen LogP) is 2.92. The van der Waals surface area contributed by atoms with Crippen LogP contribution in [0.25, 0.3) is 0 Å². The number of carbonyl (C=O) groups excluding carboxylic acids is 1. The Labute approximate surface area is 184 Å². The number of nitrogens with zero attached hydrogens (tertiary/aromatic N) is 1. The highest BCUT2D eigenvalue weighted by molar-refractivity contribution is 6.21. The van der Waals surface area contributed by atoms with Gasteiger partial charge in [0.25, 0.3) is 0 Å². The summed E-state index contributed by atoms with van der Waals surface area (Å²) in [5.74, 6) is -2.00. The number of nitrogens with one attached hydrogen (secondary N) is 1. The van der Waals surface area contributed by atoms with Crippen molar-refractivity contribution in [2.24, 2.45) is 11.8 Å². The van der Waals surface area contributed by atoms with E-state index in [1.165, 1.54) is 0 Å². The van der Waals surface area contributed by atoms with Gasteiger partial charge in [-0.1, -0.05) is 43.2 Å². The number of amides is 1. The van der Waals surface area contributed by atoms with Gasteiger partial charge in [-0.05, 0) is 57.8 Å². The van der Waals surface area contributed by atoms with Gasteiger partial charge in [-0.15, -0.1) is 11.6 Å². The predicted molar refractivity (Wildman–Crippen MR) is 119 cm³/mol. The van der Waals surface area contributed by atoms with Crippen molar-refractivity contribution in [3.8, 4) is 0 Å². The molecule has 0 heterocycles. The number of hydrogen-bond donors (Lipinski definition) is 3. The normalized spacial score (nSPS) is 25.1. The fourth-order valence-electron chi connectivity index (χ4n) is 4.13. The quantitative estimate of drug-likeness (QED) is 0.365. The van der Waals surface area contributed by atoms with E-state index in [1.54, 1.807) is 0 Å². The molecule has 0 spiro atoms. The number of rotatable bonds is 11. The minimum absolute atomic E-state index is 0.185. The van der Waals surface area contributed by atoms with E-state index in [0.717, 1.165) is 37.8 Å². The van der Waals surface area contributed by atoms with E-state index in [2.05, 4.69) is 24.3 Å². The summed E-state index contributed by atoms with van der Waals surface area (Å²) < 4.78 is 0. The molecule has 1 aromatic carbocycles. The van der Waals surface area contributed by atoms with Gasteiger partial charge >= 0.3 is 5.97 Å². The van der Waals surface area contributed by atoms with E-state index in [4.69, 9.17) is 11.6 Å². The number of benzene rings is 1. The van der Waals surface area contributed by atoms with Crippen molar-refractivity contribution in [3.05, 3.63) is 35.9 Å². The van der Waals surface area contributed by atoms with Gasteiger partial charge in [0.1, 0.15) is 6.04 Å². The lowest BCUT2D eigenvalue weighted by Gasteiger charge is -2.36. The van der Waals surface area contributed by atoms with E-state index in [-0.39, 0.29) is 17.7 Å². The molecule has 1 saturated carbocycles. The van der Waals surface area contributed by atoms with Crippen LogP contribution >= 0.6 is 11.6 Å². The maximum Gasteiger partial charge on any atom is 0.326 e. The van der Waals surface area contributed by atoms with Crippen LogP contribution in [-0.2, 0) is 16.0 Å². The molecular weight excluding hydrogens is 404 g/mol. The van der Waals surface area contributed by atoms with Crippen LogP contribution in [0.4, 0.5) is 0 Å². The van der Waals surface area contributed by atoms with Crippen molar-refractivity contribution in [3.63, 3.8) is 0 Å². The first-order valence-corrected chi connectivity index (χ1v) is 11.3. The molecule has 1 amide bonds. The first-order valence-electron chi connectivity index (χ1n) is 10.8. The molecule has 7 heteroatoms. The largest absolute Gasteiger partial charge is 0.480 e. The molecule has 168 valence electrons. The standard InChI is InChI=1S/C23H35ClN2O4/c1-26(2)12-8-4-7-11-17-14-21(27)18(15-19(17)24)22(28)25-20(23(29)30)13-16-9-5-3-6-10-16/h3,5-6,9-10,17-21,27H,4,7-8,11-15H2,1-2H3,(H,25,28)(H,29,30)/t17?,18?,19?,20-,21?/m0/s1. The van der Waals surface area contributed by atoms with Crippen LogP contribution in [0.2, 0.25) is 0 Å². The molecule has 1 aliphatic rings. The number of aliphatic hydroxyl groups is 1. The third kappa shape index (κ3) is 7.89. The third-order valence-corrected chi connectivity index (χ3v) is 6.45. The minimum Gasteiger partial charge on any atom is -0.480 e. The maximum absolute atomic E-state index is 12.7. The van der Waals surface area contributed by atoms with Crippen molar-refractivity contribution in [2.45, 2.75) is 62.5 Å². The van der Waals surface area contributed by atoms with E-state index in [1.807, 2.05) is 30.3 Å². The van der Waals surface area contributed by atoms with E-state index in [9.17, 15) is 19.8 Å². The molecule has 3 N–H and O–H groups in total. The van der Waals surface area contributed by atoms with Crippen molar-refractivity contribution in [1.29, 1.82) is 0 Å². The molecule has 1 fully saturated rings. The number of aliphatic hydroxyl groups excluding tert-OH is 1. The van der Waals surface area contributed by atoms with Gasteiger partial charge in [-0.25, -0.2) is 4.79 Å². The third-order valence-electron chi connectivity index (χ3n) is 5.91. The smallest absolute Gasteiger partial charge is 0.326 e. The summed E-state index contributed by atoms with van der Waals surface area (Å²) in [6.45, 7) is 1.06. The highest BCUT2D eigenvalue weighted by atomic mass is 35.5. The Balaban J connectivity index is 1.85. The van der Waals surface area contributed by atoms with Crippen molar-refractivity contribution >= 4 is 23.5 Å². The summed E-state index contributed by atoms with van der Waals surface area (Å²) in [7, 11) is 4.12. The Morgan fingerprint density at radius 1 is 1.17 bits per heavy atom. The van der Waals surface area contributed by atoms with Crippen molar-refractivity contribution in [2.75, 3.05) is 20.6 Å². The van der Waals surface area contributed by atoms with Gasteiger partial charge in [0.05, 0.1) is 12.0 Å². The zero-order valence-electron chi connectivity index (χ0n) is 18.0. The van der Waals surface area contributed by atoms with E-state index < -0.39 is 29.9 Å². The number of hydrogen-bond acceptors (Lipinski definition) is 4. The lowest BCUT2D eigenvalue weighted by Crippen LogP contribution is -2.50. The van der Waals surface area contributed by atoms with Crippen LogP contribution in [-0.4, -0.2) is 65.2 Å². The van der Waals surface area contributed by atoms with Crippen LogP contribution < -0.4 is 5.32 Å². The maximum atomic E-state index is 12.7. The molecule has 0 aliphatic heterocycles. The average Bonchev–Trinajstić information content (AvgIpc) is 2.69. The Bertz CT molecular complexity index is 670. The molecule has 4 unspecified atom stereocenters. The van der Waals surface area contributed by atoms with Crippen molar-refractivity contribution < 1.29 is 19.8 Å².